The monoisotopic (exact) mass is 399 g/mol. The predicted octanol–water partition coefficient (Wildman–Crippen LogP) is 2.02. The van der Waals surface area contributed by atoms with Gasteiger partial charge in [0.1, 0.15) is 0 Å². The highest BCUT2D eigenvalue weighted by Crippen LogP contribution is 2.48. The zero-order valence-corrected chi connectivity index (χ0v) is 11.7. The summed E-state index contributed by atoms with van der Waals surface area (Å²) in [5.41, 5.74) is 0. The molecule has 0 aliphatic rings. The summed E-state index contributed by atoms with van der Waals surface area (Å²) in [6, 6.07) is 0. The van der Waals surface area contributed by atoms with Crippen LogP contribution < -0.4 is 0 Å². The van der Waals surface area contributed by atoms with Crippen LogP contribution in [0.3, 0.4) is 0 Å². The summed E-state index contributed by atoms with van der Waals surface area (Å²) in [6.45, 7) is 1.13. The van der Waals surface area contributed by atoms with Gasteiger partial charge in [0, 0.05) is 0 Å². The van der Waals surface area contributed by atoms with Gasteiger partial charge in [0.2, 0.25) is 0 Å². The molecule has 0 aliphatic carbocycles. The Bertz CT molecular complexity index is 218. The molecule has 0 aliphatic heterocycles. The Morgan fingerprint density at radius 2 is 1.92 bits per heavy atom. The molecule has 1 radical (unpaired) electrons. The number of alkyl halides is 4. The summed E-state index contributed by atoms with van der Waals surface area (Å²) >= 11 is 14.2. The number of esters is 1. The third-order valence-electron chi connectivity index (χ3n) is 0.977. The number of hydrogen-bond acceptors (Lipinski definition) is 4. The van der Waals surface area contributed by atoms with Crippen molar-refractivity contribution in [3.05, 3.63) is 0 Å². The number of ether oxygens (including phenoxy) is 2. The Labute approximate surface area is 105 Å². The first-order valence-electron chi connectivity index (χ1n) is 2.68. The van der Waals surface area contributed by atoms with Gasteiger partial charge in [-0.05, 0) is 47.8 Å². The summed E-state index contributed by atoms with van der Waals surface area (Å²) in [5, 5.41) is 0. The van der Waals surface area contributed by atoms with Crippen LogP contribution >= 0.6 is 59.4 Å². The van der Waals surface area contributed by atoms with E-state index in [-0.39, 0.29) is 0 Å². The van der Waals surface area contributed by atoms with Gasteiger partial charge in [-0.2, -0.15) is 0 Å². The molecular weight excluding hydrogens is 399 g/mol. The second-order valence-corrected chi connectivity index (χ2v) is 7.28. The summed E-state index contributed by atoms with van der Waals surface area (Å²) < 4.78 is 5.33. The van der Waals surface area contributed by atoms with E-state index in [4.69, 9.17) is 11.6 Å². The smallest absolute Gasteiger partial charge is 0.419 e. The fourth-order valence-corrected chi connectivity index (χ4v) is 1.18. The maximum atomic E-state index is 11.1. The van der Waals surface area contributed by atoms with Gasteiger partial charge in [0.15, 0.2) is 0 Å². The molecule has 0 aromatic carbocycles. The van der Waals surface area contributed by atoms with Crippen molar-refractivity contribution in [2.75, 3.05) is 7.11 Å². The Kier molecular flexibility index (Phi) is 5.21. The fraction of sp³-hybridized carbons (Fsp3) is 0.600. The van der Waals surface area contributed by atoms with Crippen molar-refractivity contribution in [3.8, 4) is 0 Å². The normalized spacial score (nSPS) is 15.8. The van der Waals surface area contributed by atoms with Crippen LogP contribution in [-0.4, -0.2) is 26.8 Å². The molecule has 0 heterocycles. The SMILES string of the molecule is COC(=O)C(Cl)(Br)C(Br)(Br)O[C]=O. The molecule has 1 atom stereocenters. The van der Waals surface area contributed by atoms with Crippen LogP contribution in [0.4, 0.5) is 0 Å². The lowest BCUT2D eigenvalue weighted by atomic mass is 10.4. The number of carbonyl (C=O) groups excluding carboxylic acids is 2. The Morgan fingerprint density at radius 3 is 2.23 bits per heavy atom. The van der Waals surface area contributed by atoms with Crippen LogP contribution in [-0.2, 0) is 19.1 Å². The molecule has 8 heteroatoms. The standard InChI is InChI=1S/C5H3Br3ClO4/c1-12-3(11)4(6,9)5(7,8)13-2-10/h1H3. The average molecular weight is 402 g/mol. The topological polar surface area (TPSA) is 52.6 Å². The van der Waals surface area contributed by atoms with Crippen molar-refractivity contribution in [3.63, 3.8) is 0 Å². The Balaban J connectivity index is 4.78. The first-order valence-corrected chi connectivity index (χ1v) is 5.44. The lowest BCUT2D eigenvalue weighted by molar-refractivity contribution is -0.142. The van der Waals surface area contributed by atoms with E-state index in [1.165, 1.54) is 0 Å². The highest BCUT2D eigenvalue weighted by molar-refractivity contribution is 9.26. The van der Waals surface area contributed by atoms with E-state index < -0.39 is 13.2 Å². The summed E-state index contributed by atoms with van der Waals surface area (Å²) in [5.74, 6) is -0.835. The molecule has 0 aromatic rings. The van der Waals surface area contributed by atoms with E-state index in [2.05, 4.69) is 57.3 Å². The molecule has 0 fully saturated rings. The van der Waals surface area contributed by atoms with Gasteiger partial charge in [0.25, 0.3) is 7.20 Å². The molecule has 0 bridgehead atoms. The molecule has 0 aromatic heterocycles. The molecule has 1 unspecified atom stereocenters. The van der Waals surface area contributed by atoms with Crippen molar-refractivity contribution in [2.24, 2.45) is 0 Å². The van der Waals surface area contributed by atoms with Gasteiger partial charge in [-0.25, -0.2) is 9.59 Å². The molecule has 0 N–H and O–H groups in total. The van der Waals surface area contributed by atoms with Crippen molar-refractivity contribution in [1.82, 2.24) is 0 Å². The largest absolute Gasteiger partial charge is 0.467 e. The maximum Gasteiger partial charge on any atom is 0.419 e. The van der Waals surface area contributed by atoms with Crippen molar-refractivity contribution < 1.29 is 19.1 Å². The highest BCUT2D eigenvalue weighted by Gasteiger charge is 2.55. The van der Waals surface area contributed by atoms with E-state index in [9.17, 15) is 9.59 Å². The third-order valence-corrected chi connectivity index (χ3v) is 5.31. The molecule has 0 amide bonds. The maximum absolute atomic E-state index is 11.1. The summed E-state index contributed by atoms with van der Waals surface area (Å²) in [7, 11) is 1.14. The minimum absolute atomic E-state index is 0.835. The molecule has 0 saturated heterocycles. The van der Waals surface area contributed by atoms with Gasteiger partial charge in [0.05, 0.1) is 7.11 Å². The molecule has 0 saturated carbocycles. The van der Waals surface area contributed by atoms with Crippen LogP contribution in [0, 0.1) is 0 Å². The van der Waals surface area contributed by atoms with Crippen molar-refractivity contribution >= 4 is 71.8 Å². The van der Waals surface area contributed by atoms with Gasteiger partial charge in [-0.15, -0.1) is 0 Å². The van der Waals surface area contributed by atoms with E-state index in [0.29, 0.717) is 0 Å². The molecule has 4 nitrogen and oxygen atoms in total. The zero-order chi connectivity index (χ0) is 10.7. The molecule has 0 rings (SSSR count). The van der Waals surface area contributed by atoms with Gasteiger partial charge >= 0.3 is 12.4 Å². The number of carbonyl (C=O) groups is 1. The van der Waals surface area contributed by atoms with Crippen molar-refractivity contribution in [2.45, 2.75) is 7.20 Å². The van der Waals surface area contributed by atoms with Crippen LogP contribution in [0.1, 0.15) is 0 Å². The molecule has 13 heavy (non-hydrogen) atoms. The Hall–Kier alpha value is 0.670. The van der Waals surface area contributed by atoms with E-state index in [0.717, 1.165) is 13.6 Å². The number of halogens is 4. The van der Waals surface area contributed by atoms with Crippen LogP contribution in [0.25, 0.3) is 0 Å². The number of hydrogen-bond donors (Lipinski definition) is 0. The molecule has 75 valence electrons. The minimum Gasteiger partial charge on any atom is -0.467 e. The van der Waals surface area contributed by atoms with E-state index in [1.807, 2.05) is 0 Å². The average Bonchev–Trinajstić information content (AvgIpc) is 2.02. The Morgan fingerprint density at radius 1 is 1.46 bits per heavy atom. The highest BCUT2D eigenvalue weighted by atomic mass is 79.9. The summed E-state index contributed by atoms with van der Waals surface area (Å²) in [6.07, 6.45) is 0. The lowest BCUT2D eigenvalue weighted by Gasteiger charge is -2.28. The summed E-state index contributed by atoms with van der Waals surface area (Å²) in [4.78, 5) is 21.0. The number of rotatable bonds is 4. The van der Waals surface area contributed by atoms with Crippen LogP contribution in [0.5, 0.6) is 0 Å². The van der Waals surface area contributed by atoms with E-state index >= 15 is 0 Å². The molecule has 0 spiro atoms. The van der Waals surface area contributed by atoms with Gasteiger partial charge < -0.3 is 9.47 Å². The third kappa shape index (κ3) is 3.07. The first-order chi connectivity index (χ1) is 5.79. The van der Waals surface area contributed by atoms with Gasteiger partial charge in [-0.3, -0.25) is 0 Å². The van der Waals surface area contributed by atoms with Crippen LogP contribution in [0.2, 0.25) is 0 Å². The van der Waals surface area contributed by atoms with Gasteiger partial charge in [-0.1, -0.05) is 11.6 Å². The second-order valence-electron chi connectivity index (χ2n) is 1.77. The van der Waals surface area contributed by atoms with E-state index in [1.54, 1.807) is 0 Å². The number of methoxy groups -OCH3 is 1. The second kappa shape index (κ2) is 4.95. The molecular formula is C5H3Br3ClO4. The minimum atomic E-state index is -1.77. The van der Waals surface area contributed by atoms with Crippen molar-refractivity contribution in [1.29, 1.82) is 0 Å². The predicted molar refractivity (Wildman–Crippen MR) is 56.9 cm³/mol. The fourth-order valence-electron chi connectivity index (χ4n) is 0.363. The lowest BCUT2D eigenvalue weighted by Crippen LogP contribution is -2.44. The van der Waals surface area contributed by atoms with Crippen LogP contribution in [0.15, 0.2) is 0 Å². The first kappa shape index (κ1) is 13.7. The quantitative estimate of drug-likeness (QED) is 0.534. The zero-order valence-electron chi connectivity index (χ0n) is 6.14.